The maximum atomic E-state index is 13.3. The van der Waals surface area contributed by atoms with Crippen molar-refractivity contribution in [2.24, 2.45) is 17.1 Å². The predicted octanol–water partition coefficient (Wildman–Crippen LogP) is 6.36. The average molecular weight is 591 g/mol. The molecule has 1 aliphatic rings. The largest absolute Gasteiger partial charge is 0.368 e. The van der Waals surface area contributed by atoms with E-state index in [-0.39, 0.29) is 29.6 Å². The highest BCUT2D eigenvalue weighted by Gasteiger charge is 2.51. The van der Waals surface area contributed by atoms with E-state index in [1.807, 2.05) is 53.2 Å². The van der Waals surface area contributed by atoms with Crippen molar-refractivity contribution >= 4 is 35.0 Å². The third-order valence-corrected chi connectivity index (χ3v) is 9.20. The predicted molar refractivity (Wildman–Crippen MR) is 162 cm³/mol. The van der Waals surface area contributed by atoms with Crippen LogP contribution < -0.4 is 11.1 Å². The maximum absolute atomic E-state index is 13.3. The van der Waals surface area contributed by atoms with Gasteiger partial charge in [-0.15, -0.1) is 0 Å². The first-order valence-corrected chi connectivity index (χ1v) is 14.3. The number of carbonyl (C=O) groups excluding carboxylic acids is 2. The second kappa shape index (κ2) is 11.3. The quantitative estimate of drug-likeness (QED) is 0.237. The molecule has 0 unspecified atom stereocenters. The summed E-state index contributed by atoms with van der Waals surface area (Å²) in [5.41, 5.74) is 8.81. The molecule has 1 saturated carbocycles. The Kier molecular flexibility index (Phi) is 7.95. The van der Waals surface area contributed by atoms with Gasteiger partial charge in [-0.25, -0.2) is 4.68 Å². The molecule has 2 aromatic heterocycles. The van der Waals surface area contributed by atoms with Crippen molar-refractivity contribution in [3.63, 3.8) is 0 Å². The van der Waals surface area contributed by atoms with Crippen LogP contribution in [0.1, 0.15) is 50.8 Å². The number of amides is 2. The van der Waals surface area contributed by atoms with Crippen LogP contribution in [0.2, 0.25) is 10.0 Å². The van der Waals surface area contributed by atoms with Crippen molar-refractivity contribution in [1.82, 2.24) is 20.1 Å². The summed E-state index contributed by atoms with van der Waals surface area (Å²) in [6, 6.07) is 21.0. The number of hydrogen-bond acceptors (Lipinski definition) is 4. The van der Waals surface area contributed by atoms with Crippen molar-refractivity contribution in [3.05, 3.63) is 100 Å². The van der Waals surface area contributed by atoms with Gasteiger partial charge in [0.05, 0.1) is 21.4 Å². The minimum Gasteiger partial charge on any atom is -0.368 e. The molecule has 212 valence electrons. The summed E-state index contributed by atoms with van der Waals surface area (Å²) >= 11 is 12.6. The van der Waals surface area contributed by atoms with Gasteiger partial charge in [0.2, 0.25) is 11.8 Å². The van der Waals surface area contributed by atoms with Gasteiger partial charge in [-0.2, -0.15) is 5.10 Å². The summed E-state index contributed by atoms with van der Waals surface area (Å²) in [5, 5.41) is 8.79. The Balaban J connectivity index is 1.37. The fourth-order valence-electron chi connectivity index (χ4n) is 5.77. The van der Waals surface area contributed by atoms with Gasteiger partial charge in [0.25, 0.3) is 0 Å². The van der Waals surface area contributed by atoms with Crippen LogP contribution in [0, 0.1) is 11.3 Å². The first-order valence-electron chi connectivity index (χ1n) is 13.6. The molecule has 0 spiro atoms. The van der Waals surface area contributed by atoms with Gasteiger partial charge in [0, 0.05) is 42.4 Å². The molecule has 7 nitrogen and oxygen atoms in total. The second-order valence-corrected chi connectivity index (χ2v) is 12.4. The molecule has 1 fully saturated rings. The lowest BCUT2D eigenvalue weighted by atomic mass is 9.52. The molecule has 41 heavy (non-hydrogen) atoms. The Morgan fingerprint density at radius 3 is 2.46 bits per heavy atom. The average Bonchev–Trinajstić information content (AvgIpc) is 3.37. The standard InChI is InChI=1S/C32H33Cl2N5O2/c1-31(2)22(15-29(40)37-32(3,30(35)41)18-20-8-5-4-6-9-20)14-24(31)28-17-27(21-10-7-13-36-19-21)38-39(28)23-11-12-25(33)26(34)16-23/h4-13,16-17,19,22,24H,14-15,18H2,1-3H3,(H2,35,41)(H,37,40)/t22-,24-,32+/m1/s1. The molecule has 2 heterocycles. The Bertz CT molecular complexity index is 1570. The van der Waals surface area contributed by atoms with Crippen LogP contribution in [0.5, 0.6) is 0 Å². The second-order valence-electron chi connectivity index (χ2n) is 11.6. The number of benzene rings is 2. The molecule has 5 rings (SSSR count). The van der Waals surface area contributed by atoms with Crippen LogP contribution >= 0.6 is 23.2 Å². The first-order chi connectivity index (χ1) is 19.5. The highest BCUT2D eigenvalue weighted by Crippen LogP contribution is 2.58. The maximum Gasteiger partial charge on any atom is 0.243 e. The Labute approximate surface area is 250 Å². The molecule has 9 heteroatoms. The molecule has 0 aliphatic heterocycles. The number of carbonyl (C=O) groups is 2. The highest BCUT2D eigenvalue weighted by molar-refractivity contribution is 6.42. The Morgan fingerprint density at radius 2 is 1.83 bits per heavy atom. The summed E-state index contributed by atoms with van der Waals surface area (Å²) in [7, 11) is 0. The number of pyridine rings is 1. The van der Waals surface area contributed by atoms with E-state index in [1.165, 1.54) is 0 Å². The fourth-order valence-corrected chi connectivity index (χ4v) is 6.06. The Hall–Kier alpha value is -3.68. The molecule has 4 aromatic rings. The molecule has 3 N–H and O–H groups in total. The Morgan fingerprint density at radius 1 is 1.07 bits per heavy atom. The number of halogens is 2. The van der Waals surface area contributed by atoms with Crippen molar-refractivity contribution < 1.29 is 9.59 Å². The van der Waals surface area contributed by atoms with Crippen molar-refractivity contribution in [1.29, 1.82) is 0 Å². The molecule has 3 atom stereocenters. The minimum absolute atomic E-state index is 0.0975. The lowest BCUT2D eigenvalue weighted by Crippen LogP contribution is -2.57. The number of primary amides is 1. The van der Waals surface area contributed by atoms with E-state index >= 15 is 0 Å². The monoisotopic (exact) mass is 589 g/mol. The molecule has 2 aromatic carbocycles. The normalized spacial score (nSPS) is 19.1. The zero-order chi connectivity index (χ0) is 29.4. The topological polar surface area (TPSA) is 103 Å². The molecule has 0 saturated heterocycles. The fraction of sp³-hybridized carbons (Fsp3) is 0.312. The van der Waals surface area contributed by atoms with Gasteiger partial charge in [-0.3, -0.25) is 14.6 Å². The molecular formula is C32H33Cl2N5O2. The molecule has 1 aliphatic carbocycles. The van der Waals surface area contributed by atoms with E-state index in [0.717, 1.165) is 34.6 Å². The van der Waals surface area contributed by atoms with E-state index in [2.05, 4.69) is 30.2 Å². The number of aromatic nitrogens is 3. The number of nitrogens with two attached hydrogens (primary N) is 1. The van der Waals surface area contributed by atoms with Gasteiger partial charge in [0.15, 0.2) is 0 Å². The third kappa shape index (κ3) is 5.88. The zero-order valence-corrected chi connectivity index (χ0v) is 24.8. The van der Waals surface area contributed by atoms with Gasteiger partial charge in [-0.1, -0.05) is 67.4 Å². The number of rotatable bonds is 9. The molecule has 0 radical (unpaired) electrons. The van der Waals surface area contributed by atoms with E-state index in [9.17, 15) is 9.59 Å². The van der Waals surface area contributed by atoms with Crippen molar-refractivity contribution in [3.8, 4) is 16.9 Å². The van der Waals surface area contributed by atoms with Crippen LogP contribution in [-0.4, -0.2) is 32.1 Å². The van der Waals surface area contributed by atoms with E-state index in [0.29, 0.717) is 16.5 Å². The highest BCUT2D eigenvalue weighted by atomic mass is 35.5. The lowest BCUT2D eigenvalue weighted by molar-refractivity contribution is -0.133. The summed E-state index contributed by atoms with van der Waals surface area (Å²) in [6.07, 6.45) is 4.92. The summed E-state index contributed by atoms with van der Waals surface area (Å²) in [4.78, 5) is 29.9. The van der Waals surface area contributed by atoms with Crippen LogP contribution in [0.15, 0.2) is 79.1 Å². The van der Waals surface area contributed by atoms with Crippen molar-refractivity contribution in [2.45, 2.75) is 51.5 Å². The minimum atomic E-state index is -1.18. The smallest absolute Gasteiger partial charge is 0.243 e. The van der Waals surface area contributed by atoms with Gasteiger partial charge < -0.3 is 11.1 Å². The molecule has 2 amide bonds. The van der Waals surface area contributed by atoms with Crippen LogP contribution in [0.4, 0.5) is 0 Å². The van der Waals surface area contributed by atoms with E-state index in [4.69, 9.17) is 34.0 Å². The van der Waals surface area contributed by atoms with Crippen LogP contribution in [0.25, 0.3) is 16.9 Å². The third-order valence-electron chi connectivity index (χ3n) is 8.46. The SMILES string of the molecule is CC1(C)[C@@H](CC(=O)N[C@@](C)(Cc2ccccc2)C(N)=O)C[C@@H]1c1cc(-c2cccnc2)nn1-c1ccc(Cl)c(Cl)c1. The van der Waals surface area contributed by atoms with Gasteiger partial charge >= 0.3 is 0 Å². The summed E-state index contributed by atoms with van der Waals surface area (Å²) in [5.74, 6) is -0.526. The summed E-state index contributed by atoms with van der Waals surface area (Å²) < 4.78 is 1.91. The molecule has 0 bridgehead atoms. The van der Waals surface area contributed by atoms with E-state index in [1.54, 1.807) is 31.5 Å². The zero-order valence-electron chi connectivity index (χ0n) is 23.3. The number of nitrogens with zero attached hydrogens (tertiary/aromatic N) is 3. The van der Waals surface area contributed by atoms with Gasteiger partial charge in [-0.05, 0) is 66.6 Å². The van der Waals surface area contributed by atoms with Crippen molar-refractivity contribution in [2.75, 3.05) is 0 Å². The van der Waals surface area contributed by atoms with Crippen LogP contribution in [0.3, 0.4) is 0 Å². The number of nitrogens with one attached hydrogen (secondary N) is 1. The number of hydrogen-bond donors (Lipinski definition) is 2. The first kappa shape index (κ1) is 28.8. The van der Waals surface area contributed by atoms with Gasteiger partial charge in [0.1, 0.15) is 5.54 Å². The van der Waals surface area contributed by atoms with Crippen LogP contribution in [-0.2, 0) is 16.0 Å². The molecular weight excluding hydrogens is 557 g/mol. The van der Waals surface area contributed by atoms with E-state index < -0.39 is 11.4 Å². The summed E-state index contributed by atoms with van der Waals surface area (Å²) in [6.45, 7) is 6.03. The lowest BCUT2D eigenvalue weighted by Gasteiger charge is -2.52.